The molecule has 0 rings (SSSR count). The fourth-order valence-electron chi connectivity index (χ4n) is 0.960. The molecule has 0 aromatic rings. The summed E-state index contributed by atoms with van der Waals surface area (Å²) in [5.74, 6) is 0. The van der Waals surface area contributed by atoms with Crippen LogP contribution in [0.1, 0.15) is 13.3 Å². The van der Waals surface area contributed by atoms with Gasteiger partial charge in [0.2, 0.25) is 0 Å². The first kappa shape index (κ1) is 11.1. The first-order chi connectivity index (χ1) is 5.35. The van der Waals surface area contributed by atoms with Gasteiger partial charge in [-0.05, 0) is 6.42 Å². The van der Waals surface area contributed by atoms with Crippen molar-refractivity contribution in [3.05, 3.63) is 0 Å². The Morgan fingerprint density at radius 2 is 2.18 bits per heavy atom. The van der Waals surface area contributed by atoms with Gasteiger partial charge in [0.25, 0.3) is 0 Å². The van der Waals surface area contributed by atoms with Gasteiger partial charge in [0.15, 0.2) is 0 Å². The lowest BCUT2D eigenvalue weighted by Gasteiger charge is -2.19. The largest absolute Gasteiger partial charge is 0.370 e. The fraction of sp³-hybridized carbons (Fsp3) is 1.00. The van der Waals surface area contributed by atoms with Crippen molar-refractivity contribution in [2.24, 2.45) is 5.73 Å². The van der Waals surface area contributed by atoms with Gasteiger partial charge in [-0.2, -0.15) is 0 Å². The maximum atomic E-state index is 5.44. The van der Waals surface area contributed by atoms with Crippen LogP contribution in [0.25, 0.3) is 0 Å². The smallest absolute Gasteiger partial charge is 0.0985 e. The summed E-state index contributed by atoms with van der Waals surface area (Å²) < 4.78 is 5.33. The van der Waals surface area contributed by atoms with Crippen molar-refractivity contribution < 1.29 is 4.74 Å². The van der Waals surface area contributed by atoms with Crippen molar-refractivity contribution in [3.8, 4) is 0 Å². The van der Waals surface area contributed by atoms with Crippen molar-refractivity contribution in [3.63, 3.8) is 0 Å². The summed E-state index contributed by atoms with van der Waals surface area (Å²) in [6.07, 6.45) is 2.09. The van der Waals surface area contributed by atoms with Gasteiger partial charge >= 0.3 is 0 Å². The molecule has 0 saturated carbocycles. The van der Waals surface area contributed by atoms with Crippen molar-refractivity contribution >= 4 is 10.2 Å². The van der Waals surface area contributed by atoms with Crippen molar-refractivity contribution in [2.75, 3.05) is 32.6 Å². The summed E-state index contributed by atoms with van der Waals surface area (Å²) in [5.41, 5.74) is 5.44. The summed E-state index contributed by atoms with van der Waals surface area (Å²) in [5, 5.41) is 0. The number of hydrogen-bond acceptors (Lipinski definition) is 3. The van der Waals surface area contributed by atoms with Crippen LogP contribution in [-0.2, 0) is 4.74 Å². The lowest BCUT2D eigenvalue weighted by molar-refractivity contribution is 0.0545. The molecule has 0 aliphatic rings. The maximum Gasteiger partial charge on any atom is 0.0985 e. The molecule has 2 N–H and O–H groups in total. The van der Waals surface area contributed by atoms with Gasteiger partial charge in [-0.15, -0.1) is 0 Å². The number of hydrogen-bond donors (Lipinski definition) is 1. The lowest BCUT2D eigenvalue weighted by Crippen LogP contribution is -2.32. The van der Waals surface area contributed by atoms with E-state index in [-0.39, 0.29) is 0 Å². The van der Waals surface area contributed by atoms with Crippen LogP contribution in [0, 0.1) is 0 Å². The van der Waals surface area contributed by atoms with Crippen LogP contribution in [0.15, 0.2) is 0 Å². The van der Waals surface area contributed by atoms with E-state index >= 15 is 0 Å². The lowest BCUT2D eigenvalue weighted by atomic mass is 10.4. The average molecular weight is 176 g/mol. The molecule has 0 aliphatic heterocycles. The van der Waals surface area contributed by atoms with E-state index < -0.39 is 0 Å². The number of nitrogens with zero attached hydrogens (tertiary/aromatic N) is 1. The van der Waals surface area contributed by atoms with Crippen LogP contribution in [-0.4, -0.2) is 47.7 Å². The third-order valence-corrected chi connectivity index (χ3v) is 1.87. The molecule has 0 aromatic heterocycles. The Bertz CT molecular complexity index is 76.8. The van der Waals surface area contributed by atoms with Gasteiger partial charge in [-0.1, -0.05) is 6.92 Å². The molecule has 0 aromatic carbocycles. The van der Waals surface area contributed by atoms with Gasteiger partial charge in [-0.3, -0.25) is 4.90 Å². The summed E-state index contributed by atoms with van der Waals surface area (Å²) in [6.45, 7) is 5.71. The number of rotatable bonds is 7. The van der Waals surface area contributed by atoms with Gasteiger partial charge in [0, 0.05) is 36.1 Å². The SMILES string of the molecule is CCCN(CCN)COC[SiH3]. The highest BCUT2D eigenvalue weighted by atomic mass is 28.1. The first-order valence-corrected chi connectivity index (χ1v) is 5.76. The van der Waals surface area contributed by atoms with Crippen molar-refractivity contribution in [1.29, 1.82) is 0 Å². The standard InChI is InChI=1S/C7H20N2OSi/c1-2-4-9(5-3-8)6-10-7-11/h2-8H2,1,11H3. The molecular weight excluding hydrogens is 156 g/mol. The number of nitrogens with two attached hydrogens (primary N) is 1. The zero-order valence-electron chi connectivity index (χ0n) is 7.68. The monoisotopic (exact) mass is 176 g/mol. The van der Waals surface area contributed by atoms with Gasteiger partial charge in [0.1, 0.15) is 0 Å². The third kappa shape index (κ3) is 6.49. The summed E-state index contributed by atoms with van der Waals surface area (Å²) >= 11 is 0. The molecule has 4 heteroatoms. The first-order valence-electron chi connectivity index (χ1n) is 4.35. The Balaban J connectivity index is 3.34. The quantitative estimate of drug-likeness (QED) is 0.397. The normalized spacial score (nSPS) is 11.2. The molecular formula is C7H20N2OSi. The van der Waals surface area contributed by atoms with Crippen molar-refractivity contribution in [1.82, 2.24) is 4.90 Å². The molecule has 0 unspecified atom stereocenters. The maximum absolute atomic E-state index is 5.44. The second-order valence-electron chi connectivity index (χ2n) is 2.53. The Morgan fingerprint density at radius 3 is 2.64 bits per heavy atom. The Kier molecular flexibility index (Phi) is 8.27. The van der Waals surface area contributed by atoms with Crippen LogP contribution in [0.5, 0.6) is 0 Å². The van der Waals surface area contributed by atoms with E-state index in [1.165, 1.54) is 6.42 Å². The van der Waals surface area contributed by atoms with Crippen LogP contribution >= 0.6 is 0 Å². The molecule has 0 atom stereocenters. The fourth-order valence-corrected chi connectivity index (χ4v) is 1.14. The third-order valence-electron chi connectivity index (χ3n) is 1.46. The molecule has 0 spiro atoms. The molecule has 11 heavy (non-hydrogen) atoms. The van der Waals surface area contributed by atoms with E-state index in [1.807, 2.05) is 0 Å². The molecule has 68 valence electrons. The van der Waals surface area contributed by atoms with Crippen LogP contribution in [0.2, 0.25) is 0 Å². The van der Waals surface area contributed by atoms with Gasteiger partial charge in [-0.25, -0.2) is 0 Å². The van der Waals surface area contributed by atoms with Crippen LogP contribution in [0.4, 0.5) is 0 Å². The Morgan fingerprint density at radius 1 is 1.45 bits per heavy atom. The van der Waals surface area contributed by atoms with E-state index in [2.05, 4.69) is 11.8 Å². The Labute approximate surface area is 72.3 Å². The van der Waals surface area contributed by atoms with Gasteiger partial charge in [0.05, 0.1) is 6.73 Å². The predicted molar refractivity (Wildman–Crippen MR) is 51.7 cm³/mol. The van der Waals surface area contributed by atoms with Crippen molar-refractivity contribution in [2.45, 2.75) is 13.3 Å². The molecule has 0 amide bonds. The highest BCUT2D eigenvalue weighted by molar-refractivity contribution is 6.08. The highest BCUT2D eigenvalue weighted by Gasteiger charge is 2.00. The topological polar surface area (TPSA) is 38.5 Å². The molecule has 0 radical (unpaired) electrons. The second-order valence-corrected chi connectivity index (χ2v) is 3.11. The number of ether oxygens (including phenoxy) is 1. The molecule has 0 aliphatic carbocycles. The minimum Gasteiger partial charge on any atom is -0.370 e. The van der Waals surface area contributed by atoms with E-state index in [4.69, 9.17) is 10.5 Å². The second kappa shape index (κ2) is 8.20. The van der Waals surface area contributed by atoms with E-state index in [9.17, 15) is 0 Å². The molecule has 0 heterocycles. The minimum absolute atomic E-state index is 0.727. The molecule has 0 fully saturated rings. The average Bonchev–Trinajstić information content (AvgIpc) is 2.01. The predicted octanol–water partition coefficient (Wildman–Crippen LogP) is -1.05. The summed E-state index contributed by atoms with van der Waals surface area (Å²) in [6, 6.07) is 0. The zero-order valence-corrected chi connectivity index (χ0v) is 9.68. The molecule has 0 bridgehead atoms. The van der Waals surface area contributed by atoms with Crippen LogP contribution in [0.3, 0.4) is 0 Å². The zero-order chi connectivity index (χ0) is 8.53. The van der Waals surface area contributed by atoms with Gasteiger partial charge < -0.3 is 10.5 Å². The highest BCUT2D eigenvalue weighted by Crippen LogP contribution is 1.89. The summed E-state index contributed by atoms with van der Waals surface area (Å²) in [4.78, 5) is 2.25. The molecule has 3 nitrogen and oxygen atoms in total. The van der Waals surface area contributed by atoms with E-state index in [0.717, 1.165) is 42.8 Å². The van der Waals surface area contributed by atoms with E-state index in [0.29, 0.717) is 0 Å². The summed E-state index contributed by atoms with van der Waals surface area (Å²) in [7, 11) is 1.12. The molecule has 0 saturated heterocycles. The minimum atomic E-state index is 0.727. The Hall–Kier alpha value is 0.0969. The van der Waals surface area contributed by atoms with Crippen LogP contribution < -0.4 is 5.73 Å². The van der Waals surface area contributed by atoms with E-state index in [1.54, 1.807) is 0 Å².